The number of nitrogens with one attached hydrogen (secondary N) is 2. The van der Waals surface area contributed by atoms with Crippen LogP contribution in [-0.2, 0) is 14.4 Å². The summed E-state index contributed by atoms with van der Waals surface area (Å²) in [6.07, 6.45) is 0. The molecule has 8 nitrogen and oxygen atoms in total. The highest BCUT2D eigenvalue weighted by Gasteiger charge is 2.56. The van der Waals surface area contributed by atoms with Crippen molar-refractivity contribution >= 4 is 52.2 Å². The number of nitrogens with zero attached hydrogens (tertiary/aromatic N) is 1. The number of aromatic nitrogens is 1. The third-order valence-corrected chi connectivity index (χ3v) is 9.34. The molecule has 3 heterocycles. The second kappa shape index (κ2) is 10.4. The number of carbonyl (C=O) groups excluding carboxylic acids is 3. The zero-order valence-electron chi connectivity index (χ0n) is 21.1. The molecule has 1 aromatic heterocycles. The molecule has 3 amide bonds. The zero-order chi connectivity index (χ0) is 28.0. The van der Waals surface area contributed by atoms with Crippen molar-refractivity contribution in [3.63, 3.8) is 0 Å². The molecule has 3 atom stereocenters. The summed E-state index contributed by atoms with van der Waals surface area (Å²) in [4.78, 5) is 56.7. The number of ether oxygens (including phenoxy) is 1. The first-order valence-electron chi connectivity index (χ1n) is 12.4. The van der Waals surface area contributed by atoms with Crippen LogP contribution in [0.4, 0.5) is 15.8 Å². The number of imide groups is 1. The van der Waals surface area contributed by atoms with Gasteiger partial charge < -0.3 is 15.0 Å². The average molecular weight is 576 g/mol. The zero-order valence-corrected chi connectivity index (χ0v) is 22.7. The first-order chi connectivity index (χ1) is 19.3. The number of H-pyrrole nitrogens is 1. The highest BCUT2D eigenvalue weighted by atomic mass is 32.2. The fourth-order valence-electron chi connectivity index (χ4n) is 5.11. The summed E-state index contributed by atoms with van der Waals surface area (Å²) < 4.78 is 19.5. The van der Waals surface area contributed by atoms with Crippen LogP contribution in [0.5, 0.6) is 5.75 Å². The summed E-state index contributed by atoms with van der Waals surface area (Å²) >= 11 is 2.13. The van der Waals surface area contributed by atoms with Gasteiger partial charge in [0.05, 0.1) is 16.6 Å². The van der Waals surface area contributed by atoms with Crippen LogP contribution in [0.3, 0.4) is 0 Å². The summed E-state index contributed by atoms with van der Waals surface area (Å²) in [7, 11) is 0. The monoisotopic (exact) mass is 575 g/mol. The van der Waals surface area contributed by atoms with Crippen LogP contribution >= 0.6 is 23.1 Å². The Morgan fingerprint density at radius 2 is 1.73 bits per heavy atom. The molecule has 40 heavy (non-hydrogen) atoms. The van der Waals surface area contributed by atoms with Crippen molar-refractivity contribution in [1.82, 2.24) is 4.98 Å². The second-order valence-corrected chi connectivity index (χ2v) is 11.6. The molecule has 3 aromatic carbocycles. The van der Waals surface area contributed by atoms with Crippen molar-refractivity contribution in [1.29, 1.82) is 0 Å². The van der Waals surface area contributed by atoms with Crippen molar-refractivity contribution in [3.05, 3.63) is 104 Å². The number of fused-ring (bicyclic) bond motifs is 2. The van der Waals surface area contributed by atoms with E-state index in [1.807, 2.05) is 25.1 Å². The number of benzene rings is 3. The Morgan fingerprint density at radius 1 is 1.00 bits per heavy atom. The Morgan fingerprint density at radius 3 is 2.50 bits per heavy atom. The Kier molecular flexibility index (Phi) is 6.77. The maximum absolute atomic E-state index is 13.9. The number of halogens is 1. The molecule has 0 saturated carbocycles. The Balaban J connectivity index is 1.34. The summed E-state index contributed by atoms with van der Waals surface area (Å²) in [6, 6.07) is 19.6. The van der Waals surface area contributed by atoms with Gasteiger partial charge in [0.2, 0.25) is 11.8 Å². The molecule has 0 spiro atoms. The quantitative estimate of drug-likeness (QED) is 0.323. The number of hydrogen-bond acceptors (Lipinski definition) is 7. The fraction of sp³-hybridized carbons (Fsp3) is 0.172. The van der Waals surface area contributed by atoms with E-state index in [4.69, 9.17) is 4.74 Å². The molecular weight excluding hydrogens is 553 g/mol. The van der Waals surface area contributed by atoms with Crippen molar-refractivity contribution in [2.45, 2.75) is 23.1 Å². The molecule has 2 aliphatic heterocycles. The van der Waals surface area contributed by atoms with E-state index < -0.39 is 34.7 Å². The molecule has 2 N–H and O–H groups in total. The Bertz CT molecular complexity index is 1700. The van der Waals surface area contributed by atoms with Gasteiger partial charge in [-0.2, -0.15) is 0 Å². The number of rotatable bonds is 6. The molecular formula is C29H22FN3O5S2. The van der Waals surface area contributed by atoms with Crippen LogP contribution in [0.1, 0.15) is 21.9 Å². The largest absolute Gasteiger partial charge is 0.483 e. The van der Waals surface area contributed by atoms with Crippen LogP contribution in [0.15, 0.2) is 82.6 Å². The first kappa shape index (κ1) is 26.0. The molecule has 202 valence electrons. The molecule has 1 fully saturated rings. The van der Waals surface area contributed by atoms with E-state index >= 15 is 0 Å². The highest BCUT2D eigenvalue weighted by Crippen LogP contribution is 2.54. The lowest BCUT2D eigenvalue weighted by Crippen LogP contribution is -2.32. The smallest absolute Gasteiger partial charge is 0.305 e. The normalized spacial score (nSPS) is 19.8. The Labute approximate surface area is 236 Å². The summed E-state index contributed by atoms with van der Waals surface area (Å²) in [5.74, 6) is -2.88. The van der Waals surface area contributed by atoms with Gasteiger partial charge in [-0.3, -0.25) is 19.2 Å². The number of amides is 3. The lowest BCUT2D eigenvalue weighted by atomic mass is 9.82. The van der Waals surface area contributed by atoms with E-state index in [9.17, 15) is 23.6 Å². The summed E-state index contributed by atoms with van der Waals surface area (Å²) in [5, 5.41) is 2.55. The molecule has 6 rings (SSSR count). The van der Waals surface area contributed by atoms with Gasteiger partial charge in [0.1, 0.15) is 16.8 Å². The lowest BCUT2D eigenvalue weighted by molar-refractivity contribution is -0.122. The molecule has 1 saturated heterocycles. The summed E-state index contributed by atoms with van der Waals surface area (Å²) in [6.45, 7) is 1.60. The van der Waals surface area contributed by atoms with Gasteiger partial charge >= 0.3 is 4.87 Å². The Hall–Kier alpha value is -4.22. The molecule has 4 aromatic rings. The van der Waals surface area contributed by atoms with E-state index in [1.165, 1.54) is 24.3 Å². The number of para-hydroxylation sites is 2. The first-order valence-corrected chi connectivity index (χ1v) is 14.1. The minimum Gasteiger partial charge on any atom is -0.483 e. The van der Waals surface area contributed by atoms with Crippen LogP contribution in [0.2, 0.25) is 0 Å². The number of anilines is 2. The van der Waals surface area contributed by atoms with E-state index in [-0.39, 0.29) is 23.1 Å². The van der Waals surface area contributed by atoms with Crippen LogP contribution in [0, 0.1) is 18.7 Å². The predicted molar refractivity (Wildman–Crippen MR) is 151 cm³/mol. The number of aryl methyl sites for hydroxylation is 1. The maximum atomic E-state index is 13.9. The average Bonchev–Trinajstić information content (AvgIpc) is 3.44. The SMILES string of the molecule is Cc1ccccc1NC(=O)COc1ccccc1[C@@H]1c2sc(=O)[nH]c2S[C@H]2C(=O)N(c3ccc(F)cc3)C(=O)[C@@H]12. The minimum absolute atomic E-state index is 0.277. The van der Waals surface area contributed by atoms with Crippen molar-refractivity contribution in [3.8, 4) is 5.75 Å². The maximum Gasteiger partial charge on any atom is 0.305 e. The third-order valence-electron chi connectivity index (χ3n) is 6.94. The molecule has 0 radical (unpaired) electrons. The van der Waals surface area contributed by atoms with Gasteiger partial charge in [0.25, 0.3) is 5.91 Å². The second-order valence-electron chi connectivity index (χ2n) is 9.43. The third kappa shape index (κ3) is 4.61. The predicted octanol–water partition coefficient (Wildman–Crippen LogP) is 4.70. The number of carbonyl (C=O) groups is 3. The molecule has 0 aliphatic carbocycles. The van der Waals surface area contributed by atoms with E-state index in [0.29, 0.717) is 26.9 Å². The number of hydrogen-bond donors (Lipinski definition) is 2. The van der Waals surface area contributed by atoms with E-state index in [0.717, 1.165) is 33.6 Å². The summed E-state index contributed by atoms with van der Waals surface area (Å²) in [5.41, 5.74) is 2.45. The van der Waals surface area contributed by atoms with Crippen LogP contribution in [-0.4, -0.2) is 34.6 Å². The number of thioether (sulfide) groups is 1. The van der Waals surface area contributed by atoms with Gasteiger partial charge in [-0.05, 0) is 48.9 Å². The standard InChI is InChI=1S/C29H22FN3O5S2/c1-15-6-2-4-8-19(15)31-21(34)14-38-20-9-5-3-7-18(20)22-23-25(39-26-24(22)40-29(37)32-26)28(36)33(27(23)35)17-12-10-16(30)11-13-17/h2-13,22-23,25H,14H2,1H3,(H,31,34)(H,32,37)/t22-,23-,25+/m0/s1. The van der Waals surface area contributed by atoms with Crippen LogP contribution < -0.4 is 19.8 Å². The molecule has 2 aliphatic rings. The van der Waals surface area contributed by atoms with Crippen molar-refractivity contribution < 1.29 is 23.5 Å². The minimum atomic E-state index is -0.841. The van der Waals surface area contributed by atoms with Gasteiger partial charge in [0, 0.05) is 22.0 Å². The van der Waals surface area contributed by atoms with E-state index in [2.05, 4.69) is 10.3 Å². The van der Waals surface area contributed by atoms with Gasteiger partial charge in [-0.1, -0.05) is 59.5 Å². The number of aromatic amines is 1. The topological polar surface area (TPSA) is 109 Å². The molecule has 11 heteroatoms. The fourth-order valence-corrected chi connectivity index (χ4v) is 7.61. The number of thiazole rings is 1. The van der Waals surface area contributed by atoms with Crippen molar-refractivity contribution in [2.75, 3.05) is 16.8 Å². The highest BCUT2D eigenvalue weighted by molar-refractivity contribution is 8.00. The van der Waals surface area contributed by atoms with E-state index in [1.54, 1.807) is 30.3 Å². The van der Waals surface area contributed by atoms with Gasteiger partial charge in [0.15, 0.2) is 6.61 Å². The van der Waals surface area contributed by atoms with Gasteiger partial charge in [-0.15, -0.1) is 0 Å². The van der Waals surface area contributed by atoms with Crippen molar-refractivity contribution in [2.24, 2.45) is 5.92 Å². The lowest BCUT2D eigenvalue weighted by Gasteiger charge is -2.30. The van der Waals surface area contributed by atoms with Crippen LogP contribution in [0.25, 0.3) is 0 Å². The molecule has 0 bridgehead atoms. The molecule has 0 unspecified atom stereocenters. The van der Waals surface area contributed by atoms with Gasteiger partial charge in [-0.25, -0.2) is 9.29 Å².